The summed E-state index contributed by atoms with van der Waals surface area (Å²) in [5, 5.41) is 1.67. The summed E-state index contributed by atoms with van der Waals surface area (Å²) in [5.41, 5.74) is 7.15. The third-order valence-electron chi connectivity index (χ3n) is 1.89. The summed E-state index contributed by atoms with van der Waals surface area (Å²) in [6.07, 6.45) is 0.856. The molecular weight excluding hydrogens is 176 g/mol. The van der Waals surface area contributed by atoms with Crippen molar-refractivity contribution >= 4 is 0 Å². The van der Waals surface area contributed by atoms with Gasteiger partial charge in [-0.25, -0.2) is 0 Å². The third kappa shape index (κ3) is 4.37. The molecule has 0 amide bonds. The van der Waals surface area contributed by atoms with E-state index >= 15 is 0 Å². The Kier molecular flexibility index (Phi) is 4.59. The van der Waals surface area contributed by atoms with Gasteiger partial charge < -0.3 is 5.73 Å². The van der Waals surface area contributed by atoms with Crippen molar-refractivity contribution in [1.82, 2.24) is 5.06 Å². The van der Waals surface area contributed by atoms with Gasteiger partial charge in [0.15, 0.2) is 0 Å². The molecule has 1 rings (SSSR count). The van der Waals surface area contributed by atoms with Gasteiger partial charge in [-0.3, -0.25) is 4.84 Å². The number of rotatable bonds is 5. The van der Waals surface area contributed by atoms with E-state index in [2.05, 4.69) is 12.1 Å². The molecule has 3 heteroatoms. The van der Waals surface area contributed by atoms with Crippen LogP contribution >= 0.6 is 0 Å². The molecule has 0 aliphatic heterocycles. The van der Waals surface area contributed by atoms with Crippen molar-refractivity contribution in [2.75, 3.05) is 20.7 Å². The van der Waals surface area contributed by atoms with Gasteiger partial charge >= 0.3 is 0 Å². The van der Waals surface area contributed by atoms with Gasteiger partial charge in [0.05, 0.1) is 6.61 Å². The molecule has 0 aliphatic carbocycles. The maximum absolute atomic E-state index is 5.90. The topological polar surface area (TPSA) is 38.5 Å². The summed E-state index contributed by atoms with van der Waals surface area (Å²) in [6, 6.07) is 10.3. The lowest BCUT2D eigenvalue weighted by Crippen LogP contribution is -2.31. The molecule has 1 atom stereocenters. The standard InChI is InChI=1S/C11H18N2O/c1-13(2)14-9-11(12)8-10-6-4-3-5-7-10/h3-7,11H,8-9,12H2,1-2H3. The minimum absolute atomic E-state index is 0.0554. The summed E-state index contributed by atoms with van der Waals surface area (Å²) >= 11 is 0. The Bertz CT molecular complexity index is 249. The van der Waals surface area contributed by atoms with E-state index in [4.69, 9.17) is 10.6 Å². The van der Waals surface area contributed by atoms with Crippen molar-refractivity contribution in [3.63, 3.8) is 0 Å². The van der Waals surface area contributed by atoms with Crippen LogP contribution in [0, 0.1) is 0 Å². The van der Waals surface area contributed by atoms with Crippen molar-refractivity contribution in [1.29, 1.82) is 0 Å². The Hall–Kier alpha value is -0.900. The average molecular weight is 194 g/mol. The van der Waals surface area contributed by atoms with Crippen molar-refractivity contribution in [3.8, 4) is 0 Å². The van der Waals surface area contributed by atoms with Gasteiger partial charge in [0.1, 0.15) is 0 Å². The fourth-order valence-electron chi connectivity index (χ4n) is 1.22. The first-order valence-electron chi connectivity index (χ1n) is 4.78. The molecule has 3 nitrogen and oxygen atoms in total. The first-order valence-corrected chi connectivity index (χ1v) is 4.78. The highest BCUT2D eigenvalue weighted by molar-refractivity contribution is 5.15. The highest BCUT2D eigenvalue weighted by Crippen LogP contribution is 2.02. The molecule has 2 N–H and O–H groups in total. The maximum atomic E-state index is 5.90. The smallest absolute Gasteiger partial charge is 0.0839 e. The van der Waals surface area contributed by atoms with Crippen LogP contribution in [0.2, 0.25) is 0 Å². The van der Waals surface area contributed by atoms with Crippen LogP contribution in [0.15, 0.2) is 30.3 Å². The van der Waals surface area contributed by atoms with E-state index in [1.165, 1.54) is 5.56 Å². The maximum Gasteiger partial charge on any atom is 0.0839 e. The zero-order valence-electron chi connectivity index (χ0n) is 8.81. The van der Waals surface area contributed by atoms with Crippen LogP contribution in [0.1, 0.15) is 5.56 Å². The molecule has 78 valence electrons. The van der Waals surface area contributed by atoms with Crippen LogP contribution < -0.4 is 5.73 Å². The predicted molar refractivity (Wildman–Crippen MR) is 57.8 cm³/mol. The highest BCUT2D eigenvalue weighted by atomic mass is 16.7. The molecule has 0 aliphatic rings. The summed E-state index contributed by atoms with van der Waals surface area (Å²) in [6.45, 7) is 0.557. The number of nitrogens with two attached hydrogens (primary N) is 1. The van der Waals surface area contributed by atoms with Gasteiger partial charge in [-0.15, -0.1) is 0 Å². The molecule has 0 aromatic heterocycles. The molecule has 1 aromatic carbocycles. The lowest BCUT2D eigenvalue weighted by atomic mass is 10.1. The Labute approximate surface area is 85.4 Å². The van der Waals surface area contributed by atoms with Gasteiger partial charge in [0.2, 0.25) is 0 Å². The van der Waals surface area contributed by atoms with Gasteiger partial charge in [-0.2, -0.15) is 5.06 Å². The Morgan fingerprint density at radius 1 is 1.29 bits per heavy atom. The molecule has 0 saturated heterocycles. The minimum atomic E-state index is 0.0554. The molecule has 14 heavy (non-hydrogen) atoms. The Morgan fingerprint density at radius 3 is 2.50 bits per heavy atom. The van der Waals surface area contributed by atoms with E-state index < -0.39 is 0 Å². The molecule has 0 bridgehead atoms. The summed E-state index contributed by atoms with van der Waals surface area (Å²) in [5.74, 6) is 0. The SMILES string of the molecule is CN(C)OCC(N)Cc1ccccc1. The zero-order chi connectivity index (χ0) is 10.4. The molecular formula is C11H18N2O. The van der Waals surface area contributed by atoms with E-state index in [0.29, 0.717) is 6.61 Å². The van der Waals surface area contributed by atoms with Crippen LogP contribution in [0.5, 0.6) is 0 Å². The lowest BCUT2D eigenvalue weighted by molar-refractivity contribution is -0.123. The van der Waals surface area contributed by atoms with Crippen molar-refractivity contribution in [2.24, 2.45) is 5.73 Å². The van der Waals surface area contributed by atoms with Crippen molar-refractivity contribution in [3.05, 3.63) is 35.9 Å². The lowest BCUT2D eigenvalue weighted by Gasteiger charge is -2.15. The quantitative estimate of drug-likeness (QED) is 0.712. The molecule has 0 spiro atoms. The molecule has 0 heterocycles. The second kappa shape index (κ2) is 5.75. The van der Waals surface area contributed by atoms with Crippen molar-refractivity contribution in [2.45, 2.75) is 12.5 Å². The number of benzene rings is 1. The number of hydrogen-bond acceptors (Lipinski definition) is 3. The number of hydroxylamine groups is 2. The monoisotopic (exact) mass is 194 g/mol. The Morgan fingerprint density at radius 2 is 1.93 bits per heavy atom. The van der Waals surface area contributed by atoms with Gasteiger partial charge in [-0.1, -0.05) is 30.3 Å². The van der Waals surface area contributed by atoms with Gasteiger partial charge in [-0.05, 0) is 12.0 Å². The molecule has 0 fully saturated rings. The summed E-state index contributed by atoms with van der Waals surface area (Å²) < 4.78 is 0. The van der Waals surface area contributed by atoms with E-state index in [1.807, 2.05) is 32.3 Å². The molecule has 1 unspecified atom stereocenters. The van der Waals surface area contributed by atoms with Gasteiger partial charge in [0, 0.05) is 20.1 Å². The Balaban J connectivity index is 2.30. The van der Waals surface area contributed by atoms with Crippen LogP contribution in [0.3, 0.4) is 0 Å². The highest BCUT2D eigenvalue weighted by Gasteiger charge is 2.04. The normalized spacial score (nSPS) is 13.1. The minimum Gasteiger partial charge on any atom is -0.325 e. The largest absolute Gasteiger partial charge is 0.325 e. The van der Waals surface area contributed by atoms with E-state index in [0.717, 1.165) is 6.42 Å². The van der Waals surface area contributed by atoms with E-state index in [9.17, 15) is 0 Å². The number of hydrogen-bond donors (Lipinski definition) is 1. The zero-order valence-corrected chi connectivity index (χ0v) is 8.81. The predicted octanol–water partition coefficient (Wildman–Crippen LogP) is 1.05. The summed E-state index contributed by atoms with van der Waals surface area (Å²) in [7, 11) is 3.71. The number of nitrogens with zero attached hydrogens (tertiary/aromatic N) is 1. The van der Waals surface area contributed by atoms with Crippen LogP contribution in [-0.4, -0.2) is 31.8 Å². The second-order valence-electron chi connectivity index (χ2n) is 3.56. The first-order chi connectivity index (χ1) is 6.68. The first kappa shape index (κ1) is 11.2. The molecule has 1 aromatic rings. The summed E-state index contributed by atoms with van der Waals surface area (Å²) in [4.78, 5) is 5.28. The molecule has 0 saturated carbocycles. The van der Waals surface area contributed by atoms with Gasteiger partial charge in [0.25, 0.3) is 0 Å². The second-order valence-corrected chi connectivity index (χ2v) is 3.56. The fraction of sp³-hybridized carbons (Fsp3) is 0.455. The fourth-order valence-corrected chi connectivity index (χ4v) is 1.22. The van der Waals surface area contributed by atoms with E-state index in [1.54, 1.807) is 5.06 Å². The van der Waals surface area contributed by atoms with Crippen LogP contribution in [0.4, 0.5) is 0 Å². The third-order valence-corrected chi connectivity index (χ3v) is 1.89. The average Bonchev–Trinajstić information content (AvgIpc) is 2.16. The molecule has 0 radical (unpaired) electrons. The van der Waals surface area contributed by atoms with Crippen LogP contribution in [0.25, 0.3) is 0 Å². The van der Waals surface area contributed by atoms with Crippen LogP contribution in [-0.2, 0) is 11.3 Å². The van der Waals surface area contributed by atoms with Crippen molar-refractivity contribution < 1.29 is 4.84 Å². The van der Waals surface area contributed by atoms with E-state index in [-0.39, 0.29) is 6.04 Å².